The first-order valence-electron chi connectivity index (χ1n) is 7.55. The summed E-state index contributed by atoms with van der Waals surface area (Å²) in [5, 5.41) is 16.5. The van der Waals surface area contributed by atoms with Crippen LogP contribution in [0.3, 0.4) is 0 Å². The van der Waals surface area contributed by atoms with Gasteiger partial charge in [0, 0.05) is 21.7 Å². The van der Waals surface area contributed by atoms with E-state index in [1.54, 1.807) is 18.2 Å². The van der Waals surface area contributed by atoms with E-state index < -0.39 is 12.1 Å². The molecule has 0 saturated heterocycles. The van der Waals surface area contributed by atoms with Crippen LogP contribution in [0.5, 0.6) is 0 Å². The second-order valence-corrected chi connectivity index (χ2v) is 6.47. The molecule has 3 aromatic rings. The lowest BCUT2D eigenvalue weighted by Gasteiger charge is -2.11. The van der Waals surface area contributed by atoms with E-state index in [1.165, 1.54) is 17.4 Å². The van der Waals surface area contributed by atoms with Gasteiger partial charge in [0.1, 0.15) is 11.9 Å². The Balaban J connectivity index is 1.51. The Morgan fingerprint density at radius 3 is 2.67 bits per heavy atom. The van der Waals surface area contributed by atoms with Crippen molar-refractivity contribution in [3.63, 3.8) is 0 Å². The van der Waals surface area contributed by atoms with Crippen molar-refractivity contribution in [2.75, 3.05) is 6.54 Å². The summed E-state index contributed by atoms with van der Waals surface area (Å²) >= 11 is 1.50. The van der Waals surface area contributed by atoms with E-state index in [1.807, 2.05) is 30.3 Å². The minimum atomic E-state index is -0.776. The van der Waals surface area contributed by atoms with Crippen LogP contribution in [0.2, 0.25) is 0 Å². The molecule has 4 nitrogen and oxygen atoms in total. The summed E-state index contributed by atoms with van der Waals surface area (Å²) in [6.45, 7) is 0.188. The number of fused-ring (bicyclic) bond motifs is 1. The number of hydrogen-bond donors (Lipinski definition) is 3. The van der Waals surface area contributed by atoms with Crippen molar-refractivity contribution in [3.05, 3.63) is 70.9 Å². The quantitative estimate of drug-likeness (QED) is 0.663. The van der Waals surface area contributed by atoms with E-state index >= 15 is 0 Å². The van der Waals surface area contributed by atoms with Gasteiger partial charge in [0.15, 0.2) is 0 Å². The third kappa shape index (κ3) is 3.90. The number of aliphatic hydroxyl groups is 1. The molecule has 1 atom stereocenters. The van der Waals surface area contributed by atoms with Crippen LogP contribution in [-0.2, 0) is 6.54 Å². The topological polar surface area (TPSA) is 61.4 Å². The molecule has 3 rings (SSSR count). The molecule has 0 spiro atoms. The monoisotopic (exact) mass is 344 g/mol. The molecule has 0 aliphatic rings. The molecule has 2 amide bonds. The summed E-state index contributed by atoms with van der Waals surface area (Å²) in [5.74, 6) is -0.358. The maximum atomic E-state index is 13.5. The lowest BCUT2D eigenvalue weighted by atomic mass is 10.2. The smallest absolute Gasteiger partial charge is 0.315 e. The summed E-state index contributed by atoms with van der Waals surface area (Å²) in [4.78, 5) is 12.6. The molecule has 0 fully saturated rings. The molecule has 6 heteroatoms. The summed E-state index contributed by atoms with van der Waals surface area (Å²) in [5.41, 5.74) is 0.415. The number of carbonyl (C=O) groups is 1. The fourth-order valence-electron chi connectivity index (χ4n) is 2.34. The lowest BCUT2D eigenvalue weighted by molar-refractivity contribution is 0.176. The first-order valence-corrected chi connectivity index (χ1v) is 8.37. The van der Waals surface area contributed by atoms with Crippen molar-refractivity contribution in [1.82, 2.24) is 10.6 Å². The fourth-order valence-corrected chi connectivity index (χ4v) is 3.39. The zero-order chi connectivity index (χ0) is 16.9. The van der Waals surface area contributed by atoms with Gasteiger partial charge in [-0.2, -0.15) is 0 Å². The van der Waals surface area contributed by atoms with Crippen LogP contribution >= 0.6 is 11.3 Å². The molecule has 0 aliphatic carbocycles. The molecule has 0 saturated carbocycles. The van der Waals surface area contributed by atoms with Gasteiger partial charge in [0.25, 0.3) is 0 Å². The van der Waals surface area contributed by atoms with Gasteiger partial charge in [-0.15, -0.1) is 11.3 Å². The summed E-state index contributed by atoms with van der Waals surface area (Å²) in [6, 6.07) is 15.6. The number of rotatable bonds is 5. The highest BCUT2D eigenvalue weighted by Crippen LogP contribution is 2.29. The van der Waals surface area contributed by atoms with Gasteiger partial charge < -0.3 is 15.7 Å². The second kappa shape index (κ2) is 7.42. The third-order valence-electron chi connectivity index (χ3n) is 3.63. The average Bonchev–Trinajstić information content (AvgIpc) is 3.03. The summed E-state index contributed by atoms with van der Waals surface area (Å²) < 4.78 is 14.6. The normalized spacial score (nSPS) is 12.1. The lowest BCUT2D eigenvalue weighted by Crippen LogP contribution is -2.37. The van der Waals surface area contributed by atoms with Crippen molar-refractivity contribution >= 4 is 27.5 Å². The third-order valence-corrected chi connectivity index (χ3v) is 4.84. The molecule has 1 aromatic heterocycles. The summed E-state index contributed by atoms with van der Waals surface area (Å²) in [6.07, 6.45) is -0.776. The highest BCUT2D eigenvalue weighted by atomic mass is 32.1. The Hall–Kier alpha value is -2.44. The van der Waals surface area contributed by atoms with Crippen LogP contribution in [0.4, 0.5) is 9.18 Å². The molecule has 0 bridgehead atoms. The van der Waals surface area contributed by atoms with Crippen molar-refractivity contribution in [3.8, 4) is 0 Å². The van der Waals surface area contributed by atoms with Crippen molar-refractivity contribution < 1.29 is 14.3 Å². The van der Waals surface area contributed by atoms with Gasteiger partial charge >= 0.3 is 6.03 Å². The van der Waals surface area contributed by atoms with Crippen LogP contribution in [0.15, 0.2) is 54.6 Å². The maximum absolute atomic E-state index is 13.5. The Morgan fingerprint density at radius 1 is 1.12 bits per heavy atom. The molecular formula is C18H17FN2O2S. The van der Waals surface area contributed by atoms with E-state index in [0.717, 1.165) is 15.0 Å². The standard InChI is InChI=1S/C18H17FN2O2S/c19-14-7-3-1-6-13(14)10-20-18(23)21-11-15(22)17-9-12-5-2-4-8-16(12)24-17/h1-9,15,22H,10-11H2,(H2,20,21,23). The molecule has 3 N–H and O–H groups in total. The van der Waals surface area contributed by atoms with Crippen LogP contribution in [0, 0.1) is 5.82 Å². The van der Waals surface area contributed by atoms with E-state index in [0.29, 0.717) is 5.56 Å². The van der Waals surface area contributed by atoms with Crippen molar-refractivity contribution in [2.24, 2.45) is 0 Å². The number of benzene rings is 2. The molecule has 24 heavy (non-hydrogen) atoms. The minimum Gasteiger partial charge on any atom is -0.386 e. The van der Waals surface area contributed by atoms with Gasteiger partial charge in [0.2, 0.25) is 0 Å². The Labute approximate surface area is 142 Å². The number of urea groups is 1. The molecule has 1 unspecified atom stereocenters. The molecule has 0 aliphatic heterocycles. The number of amides is 2. The number of hydrogen-bond acceptors (Lipinski definition) is 3. The molecular weight excluding hydrogens is 327 g/mol. The van der Waals surface area contributed by atoms with Crippen molar-refractivity contribution in [2.45, 2.75) is 12.6 Å². The number of carbonyl (C=O) groups excluding carboxylic acids is 1. The first-order chi connectivity index (χ1) is 11.6. The van der Waals surface area contributed by atoms with Gasteiger partial charge in [-0.05, 0) is 23.6 Å². The van der Waals surface area contributed by atoms with E-state index in [9.17, 15) is 14.3 Å². The highest BCUT2D eigenvalue weighted by Gasteiger charge is 2.13. The van der Waals surface area contributed by atoms with Gasteiger partial charge in [-0.1, -0.05) is 36.4 Å². The number of nitrogens with one attached hydrogen (secondary N) is 2. The van der Waals surface area contributed by atoms with E-state index in [4.69, 9.17) is 0 Å². The van der Waals surface area contributed by atoms with Crippen molar-refractivity contribution in [1.29, 1.82) is 0 Å². The largest absolute Gasteiger partial charge is 0.386 e. The van der Waals surface area contributed by atoms with Gasteiger partial charge in [-0.25, -0.2) is 9.18 Å². The maximum Gasteiger partial charge on any atom is 0.315 e. The Bertz CT molecular complexity index is 817. The predicted octanol–water partition coefficient (Wildman–Crippen LogP) is 3.57. The molecule has 124 valence electrons. The highest BCUT2D eigenvalue weighted by molar-refractivity contribution is 7.19. The van der Waals surface area contributed by atoms with Crippen LogP contribution in [0.25, 0.3) is 10.1 Å². The zero-order valence-electron chi connectivity index (χ0n) is 12.8. The predicted molar refractivity (Wildman–Crippen MR) is 93.4 cm³/mol. The molecule has 0 radical (unpaired) electrons. The molecule has 1 heterocycles. The zero-order valence-corrected chi connectivity index (χ0v) is 13.6. The first kappa shape index (κ1) is 16.4. The van der Waals surface area contributed by atoms with Crippen LogP contribution < -0.4 is 10.6 Å². The SMILES string of the molecule is O=C(NCc1ccccc1F)NCC(O)c1cc2ccccc2s1. The second-order valence-electron chi connectivity index (χ2n) is 5.36. The molecule has 2 aromatic carbocycles. The fraction of sp³-hybridized carbons (Fsp3) is 0.167. The minimum absolute atomic E-state index is 0.0932. The van der Waals surface area contributed by atoms with E-state index in [-0.39, 0.29) is 18.9 Å². The number of aliphatic hydroxyl groups excluding tert-OH is 1. The van der Waals surface area contributed by atoms with Crippen LogP contribution in [-0.4, -0.2) is 17.7 Å². The Morgan fingerprint density at radius 2 is 1.88 bits per heavy atom. The average molecular weight is 344 g/mol. The Kier molecular flexibility index (Phi) is 5.08. The van der Waals surface area contributed by atoms with Gasteiger partial charge in [-0.3, -0.25) is 0 Å². The number of thiophene rings is 1. The van der Waals surface area contributed by atoms with E-state index in [2.05, 4.69) is 10.6 Å². The van der Waals surface area contributed by atoms with Crippen LogP contribution in [0.1, 0.15) is 16.5 Å². The van der Waals surface area contributed by atoms with Gasteiger partial charge in [0.05, 0.1) is 6.54 Å². The summed E-state index contributed by atoms with van der Waals surface area (Å²) in [7, 11) is 0. The number of halogens is 1.